The second-order valence-electron chi connectivity index (χ2n) is 5.92. The van der Waals surface area contributed by atoms with Crippen molar-refractivity contribution in [3.8, 4) is 5.75 Å². The zero-order valence-electron chi connectivity index (χ0n) is 12.3. The van der Waals surface area contributed by atoms with Crippen molar-refractivity contribution >= 4 is 30.2 Å². The number of fused-ring (bicyclic) bond motifs is 1. The molecule has 0 saturated heterocycles. The van der Waals surface area contributed by atoms with Crippen LogP contribution in [-0.2, 0) is 4.65 Å². The van der Waals surface area contributed by atoms with Crippen molar-refractivity contribution in [3.63, 3.8) is 0 Å². The number of aliphatic hydroxyl groups is 1. The average Bonchev–Trinajstić information content (AvgIpc) is 2.37. The summed E-state index contributed by atoms with van der Waals surface area (Å²) in [4.78, 5) is 0. The van der Waals surface area contributed by atoms with E-state index in [0.717, 1.165) is 23.4 Å². The lowest BCUT2D eigenvalue weighted by Gasteiger charge is -2.37. The van der Waals surface area contributed by atoms with Gasteiger partial charge in [-0.1, -0.05) is 17.7 Å². The van der Waals surface area contributed by atoms with Crippen LogP contribution < -0.4 is 15.5 Å². The van der Waals surface area contributed by atoms with Crippen molar-refractivity contribution in [3.05, 3.63) is 17.2 Å². The van der Waals surface area contributed by atoms with Crippen LogP contribution in [0.5, 0.6) is 5.75 Å². The molecule has 20 heavy (non-hydrogen) atoms. The van der Waals surface area contributed by atoms with Crippen LogP contribution in [-0.4, -0.2) is 36.9 Å². The second-order valence-corrected chi connectivity index (χ2v) is 6.30. The van der Waals surface area contributed by atoms with Gasteiger partial charge in [-0.2, -0.15) is 0 Å². The van der Waals surface area contributed by atoms with Crippen LogP contribution in [0.1, 0.15) is 27.7 Å². The van der Waals surface area contributed by atoms with Crippen LogP contribution in [0.25, 0.3) is 0 Å². The van der Waals surface area contributed by atoms with Crippen molar-refractivity contribution in [2.45, 2.75) is 38.9 Å². The molecule has 0 spiro atoms. The molecule has 1 aromatic carbocycles. The molecule has 0 unspecified atom stereocenters. The monoisotopic (exact) mass is 296 g/mol. The molecule has 2 rings (SSSR count). The van der Waals surface area contributed by atoms with E-state index < -0.39 is 11.2 Å². The maximum absolute atomic E-state index is 10.1. The number of ether oxygens (including phenoxy) is 1. The number of anilines is 1. The molecule has 0 saturated carbocycles. The predicted octanol–water partition coefficient (Wildman–Crippen LogP) is 1.95. The molecule has 109 valence electrons. The van der Waals surface area contributed by atoms with Gasteiger partial charge in [0.1, 0.15) is 12.4 Å². The summed E-state index contributed by atoms with van der Waals surface area (Å²) in [5.41, 5.74) is -0.154. The van der Waals surface area contributed by atoms with Gasteiger partial charge < -0.3 is 19.8 Å². The van der Waals surface area contributed by atoms with Crippen LogP contribution >= 0.6 is 11.6 Å². The van der Waals surface area contributed by atoms with Crippen LogP contribution in [0.15, 0.2) is 12.1 Å². The third-order valence-electron chi connectivity index (χ3n) is 3.75. The smallest absolute Gasteiger partial charge is 0.332 e. The highest BCUT2D eigenvalue weighted by Gasteiger charge is 2.36. The van der Waals surface area contributed by atoms with Gasteiger partial charge in [0.15, 0.2) is 0 Å². The molecular weight excluding hydrogens is 276 g/mol. The molecule has 0 aromatic heterocycles. The molecule has 1 radical (unpaired) electrons. The number of hydrogen-bond donors (Lipinski definition) is 2. The van der Waals surface area contributed by atoms with Gasteiger partial charge in [-0.3, -0.25) is 0 Å². The Hall–Kier alpha value is -0.905. The zero-order chi connectivity index (χ0) is 15.0. The standard InChI is InChI=1S/C14H20BClNO3/c1-13(2,18)14(3,4)20-15-9-5-6-10-12(11(9)16)17-7-8-19-10/h5-6,17-18H,7-8H2,1-4H3. The fourth-order valence-electron chi connectivity index (χ4n) is 1.64. The van der Waals surface area contributed by atoms with Gasteiger partial charge in [0, 0.05) is 6.54 Å². The Morgan fingerprint density at radius 1 is 1.35 bits per heavy atom. The molecule has 0 fully saturated rings. The lowest BCUT2D eigenvalue weighted by atomic mass is 9.82. The first-order valence-electron chi connectivity index (χ1n) is 6.65. The Morgan fingerprint density at radius 2 is 2.05 bits per heavy atom. The first-order chi connectivity index (χ1) is 9.22. The summed E-state index contributed by atoms with van der Waals surface area (Å²) < 4.78 is 11.2. The third-order valence-corrected chi connectivity index (χ3v) is 4.16. The molecule has 0 bridgehead atoms. The summed E-state index contributed by atoms with van der Waals surface area (Å²) in [5, 5.41) is 13.9. The SMILES string of the molecule is CC(C)(O)C(C)(C)O[B]c1ccc2c(c1Cl)NCCO2. The molecular formula is C14H20BClNO3. The number of rotatable bonds is 4. The van der Waals surface area contributed by atoms with E-state index in [1.54, 1.807) is 21.3 Å². The van der Waals surface area contributed by atoms with Crippen molar-refractivity contribution in [1.29, 1.82) is 0 Å². The molecule has 4 nitrogen and oxygen atoms in total. The van der Waals surface area contributed by atoms with Crippen molar-refractivity contribution in [2.24, 2.45) is 0 Å². The minimum absolute atomic E-state index is 0.564. The Kier molecular flexibility index (Phi) is 4.23. The topological polar surface area (TPSA) is 50.7 Å². The van der Waals surface area contributed by atoms with Gasteiger partial charge in [0.05, 0.1) is 21.9 Å². The summed E-state index contributed by atoms with van der Waals surface area (Å²) in [6.45, 7) is 8.45. The summed E-state index contributed by atoms with van der Waals surface area (Å²) >= 11 is 6.35. The minimum Gasteiger partial charge on any atom is -0.490 e. The quantitative estimate of drug-likeness (QED) is 0.834. The van der Waals surface area contributed by atoms with Crippen molar-refractivity contribution in [1.82, 2.24) is 0 Å². The Morgan fingerprint density at radius 3 is 2.70 bits per heavy atom. The lowest BCUT2D eigenvalue weighted by molar-refractivity contribution is -0.0893. The lowest BCUT2D eigenvalue weighted by Crippen LogP contribution is -2.49. The van der Waals surface area contributed by atoms with Crippen LogP contribution in [0, 0.1) is 0 Å². The van der Waals surface area contributed by atoms with Crippen molar-refractivity contribution in [2.75, 3.05) is 18.5 Å². The average molecular weight is 297 g/mol. The van der Waals surface area contributed by atoms with Crippen molar-refractivity contribution < 1.29 is 14.5 Å². The summed E-state index contributed by atoms with van der Waals surface area (Å²) in [6.07, 6.45) is 0. The van der Waals surface area contributed by atoms with E-state index in [1.165, 1.54) is 0 Å². The van der Waals surface area contributed by atoms with E-state index in [0.29, 0.717) is 11.6 Å². The zero-order valence-corrected chi connectivity index (χ0v) is 13.0. The first kappa shape index (κ1) is 15.5. The van der Waals surface area contributed by atoms with Crippen LogP contribution in [0.2, 0.25) is 5.02 Å². The van der Waals surface area contributed by atoms with Gasteiger partial charge in [-0.05, 0) is 39.2 Å². The molecule has 1 aromatic rings. The molecule has 0 atom stereocenters. The highest BCUT2D eigenvalue weighted by Crippen LogP contribution is 2.33. The predicted molar refractivity (Wildman–Crippen MR) is 82.3 cm³/mol. The van der Waals surface area contributed by atoms with E-state index in [1.807, 2.05) is 26.0 Å². The van der Waals surface area contributed by atoms with E-state index in [2.05, 4.69) is 5.32 Å². The number of hydrogen-bond acceptors (Lipinski definition) is 4. The molecule has 2 N–H and O–H groups in total. The summed E-state index contributed by atoms with van der Waals surface area (Å²) in [5.74, 6) is 0.750. The molecule has 1 aliphatic rings. The Labute approximate surface area is 125 Å². The number of nitrogens with one attached hydrogen (secondary N) is 1. The fraction of sp³-hybridized carbons (Fsp3) is 0.571. The second kappa shape index (κ2) is 5.47. The molecule has 0 aliphatic carbocycles. The van der Waals surface area contributed by atoms with Gasteiger partial charge in [0.2, 0.25) is 0 Å². The highest BCUT2D eigenvalue weighted by atomic mass is 35.5. The first-order valence-corrected chi connectivity index (χ1v) is 7.03. The fourth-order valence-corrected chi connectivity index (χ4v) is 1.91. The largest absolute Gasteiger partial charge is 0.490 e. The van der Waals surface area contributed by atoms with E-state index in [-0.39, 0.29) is 0 Å². The molecule has 6 heteroatoms. The van der Waals surface area contributed by atoms with E-state index in [9.17, 15) is 5.11 Å². The van der Waals surface area contributed by atoms with E-state index in [4.69, 9.17) is 21.0 Å². The molecule has 1 aliphatic heterocycles. The third kappa shape index (κ3) is 3.05. The molecule has 0 amide bonds. The number of benzene rings is 1. The van der Waals surface area contributed by atoms with Crippen LogP contribution in [0.3, 0.4) is 0 Å². The Bertz CT molecular complexity index is 500. The van der Waals surface area contributed by atoms with Gasteiger partial charge in [0.25, 0.3) is 0 Å². The van der Waals surface area contributed by atoms with Gasteiger partial charge in [-0.15, -0.1) is 0 Å². The number of halogens is 1. The van der Waals surface area contributed by atoms with Gasteiger partial charge in [-0.25, -0.2) is 0 Å². The minimum atomic E-state index is -0.967. The highest BCUT2D eigenvalue weighted by molar-refractivity contribution is 6.54. The van der Waals surface area contributed by atoms with Gasteiger partial charge >= 0.3 is 7.48 Å². The van der Waals surface area contributed by atoms with Crippen LogP contribution in [0.4, 0.5) is 5.69 Å². The summed E-state index contributed by atoms with van der Waals surface area (Å²) in [6, 6.07) is 3.70. The normalized spacial score (nSPS) is 15.1. The maximum atomic E-state index is 10.1. The Balaban J connectivity index is 2.15. The van der Waals surface area contributed by atoms with E-state index >= 15 is 0 Å². The summed E-state index contributed by atoms with van der Waals surface area (Å²) in [7, 11) is 1.58. The molecule has 1 heterocycles. The maximum Gasteiger partial charge on any atom is 0.332 e.